The molecule has 0 radical (unpaired) electrons. The predicted molar refractivity (Wildman–Crippen MR) is 85.6 cm³/mol. The minimum atomic E-state index is 0.139. The molecule has 0 bridgehead atoms. The Balaban J connectivity index is 2.10. The van der Waals surface area contributed by atoms with E-state index in [1.165, 1.54) is 5.56 Å². The average Bonchev–Trinajstić information content (AvgIpc) is 2.45. The van der Waals surface area contributed by atoms with Gasteiger partial charge in [-0.2, -0.15) is 5.26 Å². The Morgan fingerprint density at radius 3 is 2.33 bits per heavy atom. The smallest absolute Gasteiger partial charge is 0.139 e. The van der Waals surface area contributed by atoms with Crippen molar-refractivity contribution in [1.82, 2.24) is 0 Å². The summed E-state index contributed by atoms with van der Waals surface area (Å²) < 4.78 is 5.71. The number of nitrogens with zero attached hydrogens (tertiary/aromatic N) is 1. The first-order valence-electron chi connectivity index (χ1n) is 6.82. The van der Waals surface area contributed by atoms with Gasteiger partial charge in [0, 0.05) is 11.1 Å². The van der Waals surface area contributed by atoms with Gasteiger partial charge in [0.2, 0.25) is 0 Å². The number of rotatable bonds is 3. The molecule has 0 N–H and O–H groups in total. The summed E-state index contributed by atoms with van der Waals surface area (Å²) in [5.74, 6) is 0.518. The van der Waals surface area contributed by atoms with Crippen molar-refractivity contribution in [2.24, 2.45) is 0 Å². The van der Waals surface area contributed by atoms with Gasteiger partial charge in [-0.3, -0.25) is 0 Å². The predicted octanol–water partition coefficient (Wildman–Crippen LogP) is 5.09. The van der Waals surface area contributed by atoms with E-state index in [1.807, 2.05) is 0 Å². The fraction of sp³-hybridized carbons (Fsp3) is 0.278. The van der Waals surface area contributed by atoms with Crippen LogP contribution in [0.15, 0.2) is 42.5 Å². The Hall–Kier alpha value is -1.98. The SMILES string of the molecule is CC(C)(C)c1ccc(COc2cc(Cl)ccc2C#N)cc1. The highest BCUT2D eigenvalue weighted by molar-refractivity contribution is 6.30. The standard InChI is InChI=1S/C18H18ClNO/c1-18(2,3)15-7-4-13(5-8-15)12-21-17-10-16(19)9-6-14(17)11-20/h4-10H,12H2,1-3H3. The summed E-state index contributed by atoms with van der Waals surface area (Å²) in [5.41, 5.74) is 2.98. The summed E-state index contributed by atoms with van der Waals surface area (Å²) >= 11 is 5.94. The number of halogens is 1. The van der Waals surface area contributed by atoms with Crippen molar-refractivity contribution in [3.05, 3.63) is 64.2 Å². The zero-order valence-corrected chi connectivity index (χ0v) is 13.2. The zero-order chi connectivity index (χ0) is 15.5. The lowest BCUT2D eigenvalue weighted by molar-refractivity contribution is 0.305. The Morgan fingerprint density at radius 1 is 1.10 bits per heavy atom. The first-order valence-corrected chi connectivity index (χ1v) is 7.20. The maximum Gasteiger partial charge on any atom is 0.139 e. The Kier molecular flexibility index (Phi) is 4.55. The summed E-state index contributed by atoms with van der Waals surface area (Å²) in [5, 5.41) is 9.62. The maximum absolute atomic E-state index is 9.06. The second-order valence-electron chi connectivity index (χ2n) is 5.99. The molecule has 0 aliphatic heterocycles. The van der Waals surface area contributed by atoms with Gasteiger partial charge < -0.3 is 4.74 Å². The first kappa shape index (κ1) is 15.4. The quantitative estimate of drug-likeness (QED) is 0.791. The summed E-state index contributed by atoms with van der Waals surface area (Å²) in [7, 11) is 0. The van der Waals surface area contributed by atoms with Crippen LogP contribution >= 0.6 is 11.6 Å². The number of benzene rings is 2. The molecule has 21 heavy (non-hydrogen) atoms. The molecule has 0 aliphatic rings. The van der Waals surface area contributed by atoms with E-state index in [-0.39, 0.29) is 5.41 Å². The van der Waals surface area contributed by atoms with Crippen molar-refractivity contribution in [2.45, 2.75) is 32.8 Å². The molecular formula is C18H18ClNO. The van der Waals surface area contributed by atoms with Gasteiger partial charge in [-0.15, -0.1) is 0 Å². The molecule has 2 rings (SSSR count). The van der Waals surface area contributed by atoms with E-state index in [4.69, 9.17) is 21.6 Å². The minimum Gasteiger partial charge on any atom is -0.487 e. The molecule has 0 amide bonds. The molecule has 0 unspecified atom stereocenters. The summed E-state index contributed by atoms with van der Waals surface area (Å²) in [4.78, 5) is 0. The molecule has 0 atom stereocenters. The van der Waals surface area contributed by atoms with Gasteiger partial charge in [-0.1, -0.05) is 56.6 Å². The van der Waals surface area contributed by atoms with Gasteiger partial charge in [0.25, 0.3) is 0 Å². The van der Waals surface area contributed by atoms with Gasteiger partial charge in [-0.25, -0.2) is 0 Å². The lowest BCUT2D eigenvalue weighted by Crippen LogP contribution is -2.10. The van der Waals surface area contributed by atoms with Crippen LogP contribution < -0.4 is 4.74 Å². The van der Waals surface area contributed by atoms with Crippen LogP contribution in [0.25, 0.3) is 0 Å². The van der Waals surface area contributed by atoms with E-state index in [1.54, 1.807) is 18.2 Å². The van der Waals surface area contributed by atoms with Crippen molar-refractivity contribution in [3.63, 3.8) is 0 Å². The molecular weight excluding hydrogens is 282 g/mol. The fourth-order valence-corrected chi connectivity index (χ4v) is 2.13. The van der Waals surface area contributed by atoms with Crippen LogP contribution in [0.2, 0.25) is 5.02 Å². The third-order valence-electron chi connectivity index (χ3n) is 3.28. The van der Waals surface area contributed by atoms with E-state index < -0.39 is 0 Å². The number of ether oxygens (including phenoxy) is 1. The van der Waals surface area contributed by atoms with Crippen LogP contribution in [0.5, 0.6) is 5.75 Å². The Morgan fingerprint density at radius 2 is 1.76 bits per heavy atom. The Labute approximate surface area is 130 Å². The van der Waals surface area contributed by atoms with Crippen LogP contribution in [-0.2, 0) is 12.0 Å². The van der Waals surface area contributed by atoms with Gasteiger partial charge >= 0.3 is 0 Å². The maximum atomic E-state index is 9.06. The van der Waals surface area contributed by atoms with Crippen molar-refractivity contribution in [2.75, 3.05) is 0 Å². The molecule has 108 valence electrons. The summed E-state index contributed by atoms with van der Waals surface area (Å²) in [6.07, 6.45) is 0. The van der Waals surface area contributed by atoms with Crippen LogP contribution in [-0.4, -0.2) is 0 Å². The molecule has 0 heterocycles. The molecule has 3 heteroatoms. The normalized spacial score (nSPS) is 11.0. The van der Waals surface area contributed by atoms with Crippen LogP contribution in [0.1, 0.15) is 37.5 Å². The third-order valence-corrected chi connectivity index (χ3v) is 3.51. The largest absolute Gasteiger partial charge is 0.487 e. The van der Waals surface area contributed by atoms with Gasteiger partial charge in [0.15, 0.2) is 0 Å². The number of hydrogen-bond acceptors (Lipinski definition) is 2. The minimum absolute atomic E-state index is 0.139. The summed E-state index contributed by atoms with van der Waals surface area (Å²) in [6, 6.07) is 15.5. The molecule has 0 fully saturated rings. The van der Waals surface area contributed by atoms with Crippen molar-refractivity contribution in [1.29, 1.82) is 5.26 Å². The van der Waals surface area contributed by atoms with E-state index >= 15 is 0 Å². The first-order chi connectivity index (χ1) is 9.90. The van der Waals surface area contributed by atoms with Crippen molar-refractivity contribution < 1.29 is 4.74 Å². The Bertz CT molecular complexity index is 663. The van der Waals surface area contributed by atoms with E-state index in [9.17, 15) is 0 Å². The number of hydrogen-bond donors (Lipinski definition) is 0. The second kappa shape index (κ2) is 6.20. The highest BCUT2D eigenvalue weighted by Crippen LogP contribution is 2.25. The molecule has 0 saturated carbocycles. The average molecular weight is 300 g/mol. The van der Waals surface area contributed by atoms with E-state index in [0.29, 0.717) is 22.9 Å². The topological polar surface area (TPSA) is 33.0 Å². The molecule has 0 aliphatic carbocycles. The molecule has 2 aromatic rings. The summed E-state index contributed by atoms with van der Waals surface area (Å²) in [6.45, 7) is 6.97. The molecule has 0 spiro atoms. The van der Waals surface area contributed by atoms with Crippen LogP contribution in [0.4, 0.5) is 0 Å². The second-order valence-corrected chi connectivity index (χ2v) is 6.42. The van der Waals surface area contributed by atoms with Crippen molar-refractivity contribution >= 4 is 11.6 Å². The monoisotopic (exact) mass is 299 g/mol. The van der Waals surface area contributed by atoms with Crippen LogP contribution in [0.3, 0.4) is 0 Å². The highest BCUT2D eigenvalue weighted by Gasteiger charge is 2.13. The molecule has 2 aromatic carbocycles. The van der Waals surface area contributed by atoms with E-state index in [0.717, 1.165) is 5.56 Å². The van der Waals surface area contributed by atoms with Gasteiger partial charge in [0.1, 0.15) is 18.4 Å². The van der Waals surface area contributed by atoms with Crippen molar-refractivity contribution in [3.8, 4) is 11.8 Å². The number of nitriles is 1. The van der Waals surface area contributed by atoms with Crippen LogP contribution in [0, 0.1) is 11.3 Å². The molecule has 0 saturated heterocycles. The highest BCUT2D eigenvalue weighted by atomic mass is 35.5. The lowest BCUT2D eigenvalue weighted by atomic mass is 9.87. The van der Waals surface area contributed by atoms with E-state index in [2.05, 4.69) is 51.1 Å². The van der Waals surface area contributed by atoms with Gasteiger partial charge in [0.05, 0.1) is 5.56 Å². The fourth-order valence-electron chi connectivity index (χ4n) is 1.97. The van der Waals surface area contributed by atoms with Gasteiger partial charge in [-0.05, 0) is 28.7 Å². The zero-order valence-electron chi connectivity index (χ0n) is 12.5. The molecule has 2 nitrogen and oxygen atoms in total. The molecule has 0 aromatic heterocycles. The third kappa shape index (κ3) is 4.00. The lowest BCUT2D eigenvalue weighted by Gasteiger charge is -2.19.